The van der Waals surface area contributed by atoms with E-state index in [1.807, 2.05) is 24.4 Å². The highest BCUT2D eigenvalue weighted by Gasteiger charge is 2.32. The second-order valence-corrected chi connectivity index (χ2v) is 8.36. The molecule has 1 aliphatic heterocycles. The van der Waals surface area contributed by atoms with Gasteiger partial charge in [-0.05, 0) is 37.1 Å². The van der Waals surface area contributed by atoms with Gasteiger partial charge in [-0.25, -0.2) is 9.40 Å². The van der Waals surface area contributed by atoms with E-state index in [0.717, 1.165) is 16.6 Å². The summed E-state index contributed by atoms with van der Waals surface area (Å²) in [6, 6.07) is 8.21. The standard InChI is InChI=1S/C19H20ClN3O2S/c1-13-2-4-14(5-3-13)15-10-26-17-16(15)21-12-22(18(17)24)11-19(25)6-8-23(20)9-7-19/h2-5,10,12,25H,6-9,11H2,1H3. The number of rotatable bonds is 3. The van der Waals surface area contributed by atoms with Crippen LogP contribution in [0.4, 0.5) is 0 Å². The summed E-state index contributed by atoms with van der Waals surface area (Å²) in [5.74, 6) is 0. The Morgan fingerprint density at radius 2 is 1.96 bits per heavy atom. The number of benzene rings is 1. The molecule has 2 aromatic heterocycles. The lowest BCUT2D eigenvalue weighted by Gasteiger charge is -2.35. The number of aryl methyl sites for hydroxylation is 1. The molecule has 1 fully saturated rings. The van der Waals surface area contributed by atoms with Gasteiger partial charge in [0.15, 0.2) is 0 Å². The molecule has 1 N–H and O–H groups in total. The molecule has 1 aromatic carbocycles. The number of piperidine rings is 1. The van der Waals surface area contributed by atoms with E-state index < -0.39 is 5.60 Å². The van der Waals surface area contributed by atoms with Gasteiger partial charge in [-0.1, -0.05) is 29.8 Å². The zero-order chi connectivity index (χ0) is 18.3. The fraction of sp³-hybridized carbons (Fsp3) is 0.368. The molecule has 1 saturated heterocycles. The van der Waals surface area contributed by atoms with E-state index >= 15 is 0 Å². The maximum atomic E-state index is 12.9. The Balaban J connectivity index is 1.68. The SMILES string of the molecule is Cc1ccc(-c2csc3c(=O)n(CC4(O)CCN(Cl)CC4)cnc23)cc1. The van der Waals surface area contributed by atoms with Gasteiger partial charge in [-0.2, -0.15) is 0 Å². The third-order valence-electron chi connectivity index (χ3n) is 5.01. The van der Waals surface area contributed by atoms with Crippen molar-refractivity contribution in [2.75, 3.05) is 13.1 Å². The first-order valence-electron chi connectivity index (χ1n) is 8.62. The number of aliphatic hydroxyl groups is 1. The number of aromatic nitrogens is 2. The maximum absolute atomic E-state index is 12.9. The molecule has 0 atom stereocenters. The molecule has 3 heterocycles. The van der Waals surface area contributed by atoms with Crippen LogP contribution in [0.1, 0.15) is 18.4 Å². The van der Waals surface area contributed by atoms with E-state index in [4.69, 9.17) is 11.8 Å². The highest BCUT2D eigenvalue weighted by atomic mass is 35.5. The van der Waals surface area contributed by atoms with Crippen LogP contribution in [0.15, 0.2) is 40.8 Å². The van der Waals surface area contributed by atoms with Crippen LogP contribution in [0.5, 0.6) is 0 Å². The molecule has 26 heavy (non-hydrogen) atoms. The van der Waals surface area contributed by atoms with Gasteiger partial charge in [0, 0.05) is 24.0 Å². The van der Waals surface area contributed by atoms with Crippen molar-refractivity contribution in [2.45, 2.75) is 31.9 Å². The molecule has 1 aliphatic rings. The van der Waals surface area contributed by atoms with E-state index in [0.29, 0.717) is 30.6 Å². The molecule has 7 heteroatoms. The molecule has 0 unspecified atom stereocenters. The number of fused-ring (bicyclic) bond motifs is 1. The predicted molar refractivity (Wildman–Crippen MR) is 106 cm³/mol. The Morgan fingerprint density at radius 1 is 1.27 bits per heavy atom. The third-order valence-corrected chi connectivity index (χ3v) is 6.31. The molecular formula is C19H20ClN3O2S. The number of thiophene rings is 1. The van der Waals surface area contributed by atoms with Crippen molar-refractivity contribution < 1.29 is 5.11 Å². The monoisotopic (exact) mass is 389 g/mol. The summed E-state index contributed by atoms with van der Waals surface area (Å²) in [4.78, 5) is 17.4. The van der Waals surface area contributed by atoms with E-state index in [1.165, 1.54) is 21.5 Å². The predicted octanol–water partition coefficient (Wildman–Crippen LogP) is 3.41. The van der Waals surface area contributed by atoms with Gasteiger partial charge in [0.1, 0.15) is 4.70 Å². The van der Waals surface area contributed by atoms with Crippen LogP contribution in [0.2, 0.25) is 0 Å². The van der Waals surface area contributed by atoms with Crippen LogP contribution < -0.4 is 5.56 Å². The molecular weight excluding hydrogens is 370 g/mol. The number of hydrogen-bond acceptors (Lipinski definition) is 5. The van der Waals surface area contributed by atoms with Crippen LogP contribution in [-0.4, -0.2) is 37.8 Å². The fourth-order valence-electron chi connectivity index (χ4n) is 3.36. The molecule has 136 valence electrons. The number of hydrogen-bond donors (Lipinski definition) is 1. The van der Waals surface area contributed by atoms with Crippen molar-refractivity contribution in [3.05, 3.63) is 51.9 Å². The van der Waals surface area contributed by atoms with Crippen LogP contribution in [0, 0.1) is 6.92 Å². The third kappa shape index (κ3) is 3.30. The molecule has 0 spiro atoms. The van der Waals surface area contributed by atoms with E-state index in [2.05, 4.69) is 17.1 Å². The summed E-state index contributed by atoms with van der Waals surface area (Å²) in [5.41, 5.74) is 2.94. The Bertz CT molecular complexity index is 988. The topological polar surface area (TPSA) is 58.4 Å². The van der Waals surface area contributed by atoms with Crippen molar-refractivity contribution >= 4 is 33.3 Å². The highest BCUT2D eigenvalue weighted by Crippen LogP contribution is 2.31. The largest absolute Gasteiger partial charge is 0.388 e. The van der Waals surface area contributed by atoms with Gasteiger partial charge in [-0.3, -0.25) is 9.36 Å². The first-order chi connectivity index (χ1) is 12.5. The molecule has 0 bridgehead atoms. The minimum atomic E-state index is -0.915. The van der Waals surface area contributed by atoms with Gasteiger partial charge < -0.3 is 5.11 Å². The second-order valence-electron chi connectivity index (χ2n) is 7.00. The van der Waals surface area contributed by atoms with Crippen LogP contribution in [0.25, 0.3) is 21.3 Å². The van der Waals surface area contributed by atoms with Crippen molar-refractivity contribution in [3.8, 4) is 11.1 Å². The fourth-order valence-corrected chi connectivity index (χ4v) is 4.51. The average Bonchev–Trinajstić information content (AvgIpc) is 3.06. The number of nitrogens with zero attached hydrogens (tertiary/aromatic N) is 3. The maximum Gasteiger partial charge on any atom is 0.271 e. The average molecular weight is 390 g/mol. The Labute approximate surface area is 160 Å². The van der Waals surface area contributed by atoms with Crippen LogP contribution in [-0.2, 0) is 6.54 Å². The molecule has 3 aromatic rings. The van der Waals surface area contributed by atoms with Crippen molar-refractivity contribution in [3.63, 3.8) is 0 Å². The highest BCUT2D eigenvalue weighted by molar-refractivity contribution is 7.17. The van der Waals surface area contributed by atoms with Gasteiger partial charge in [0.25, 0.3) is 5.56 Å². The summed E-state index contributed by atoms with van der Waals surface area (Å²) in [5, 5.41) is 12.8. The van der Waals surface area contributed by atoms with Gasteiger partial charge in [0.2, 0.25) is 0 Å². The minimum Gasteiger partial charge on any atom is -0.388 e. The lowest BCUT2D eigenvalue weighted by atomic mass is 9.92. The molecule has 0 amide bonds. The van der Waals surface area contributed by atoms with E-state index in [1.54, 1.807) is 10.7 Å². The van der Waals surface area contributed by atoms with E-state index in [9.17, 15) is 9.90 Å². The summed E-state index contributed by atoms with van der Waals surface area (Å²) in [7, 11) is 0. The normalized spacial score (nSPS) is 17.7. The zero-order valence-electron chi connectivity index (χ0n) is 14.5. The molecule has 4 rings (SSSR count). The summed E-state index contributed by atoms with van der Waals surface area (Å²) in [6.45, 7) is 3.52. The Morgan fingerprint density at radius 3 is 2.65 bits per heavy atom. The van der Waals surface area contributed by atoms with Gasteiger partial charge in [-0.15, -0.1) is 11.3 Å². The molecule has 5 nitrogen and oxygen atoms in total. The summed E-state index contributed by atoms with van der Waals surface area (Å²) < 4.78 is 3.83. The Kier molecular flexibility index (Phi) is 4.61. The van der Waals surface area contributed by atoms with Gasteiger partial charge in [0.05, 0.1) is 24.0 Å². The van der Waals surface area contributed by atoms with E-state index in [-0.39, 0.29) is 12.1 Å². The minimum absolute atomic E-state index is 0.0971. The lowest BCUT2D eigenvalue weighted by Crippen LogP contribution is -2.45. The second kappa shape index (κ2) is 6.78. The summed E-state index contributed by atoms with van der Waals surface area (Å²) >= 11 is 7.38. The quantitative estimate of drug-likeness (QED) is 0.697. The molecule has 0 saturated carbocycles. The van der Waals surface area contributed by atoms with Gasteiger partial charge >= 0.3 is 0 Å². The smallest absolute Gasteiger partial charge is 0.271 e. The van der Waals surface area contributed by atoms with Crippen molar-refractivity contribution in [1.29, 1.82) is 0 Å². The number of halogens is 1. The zero-order valence-corrected chi connectivity index (χ0v) is 16.1. The Hall–Kier alpha value is -1.73. The summed E-state index contributed by atoms with van der Waals surface area (Å²) in [6.07, 6.45) is 2.64. The first kappa shape index (κ1) is 17.7. The molecule has 0 aliphatic carbocycles. The van der Waals surface area contributed by atoms with Crippen LogP contribution in [0.3, 0.4) is 0 Å². The molecule has 0 radical (unpaired) electrons. The lowest BCUT2D eigenvalue weighted by molar-refractivity contribution is -0.0201. The van der Waals surface area contributed by atoms with Crippen molar-refractivity contribution in [1.82, 2.24) is 14.0 Å². The van der Waals surface area contributed by atoms with Crippen molar-refractivity contribution in [2.24, 2.45) is 0 Å². The van der Waals surface area contributed by atoms with Crippen LogP contribution >= 0.6 is 23.1 Å². The first-order valence-corrected chi connectivity index (χ1v) is 9.84.